The molecule has 3 aromatic rings. The molecular weight excluding hydrogens is 414 g/mol. The topological polar surface area (TPSA) is 45.7 Å². The molecule has 5 nitrogen and oxygen atoms in total. The van der Waals surface area contributed by atoms with E-state index in [9.17, 15) is 4.79 Å². The number of morpholine rings is 1. The average Bonchev–Trinajstić information content (AvgIpc) is 3.18. The van der Waals surface area contributed by atoms with E-state index in [0.29, 0.717) is 12.1 Å². The molecule has 30 heavy (non-hydrogen) atoms. The second-order valence-electron chi connectivity index (χ2n) is 7.57. The summed E-state index contributed by atoms with van der Waals surface area (Å²) in [5.41, 5.74) is 4.06. The Hall–Kier alpha value is -1.93. The normalized spacial score (nSPS) is 14.9. The van der Waals surface area contributed by atoms with Crippen LogP contribution in [0.1, 0.15) is 21.5 Å². The third kappa shape index (κ3) is 4.70. The molecule has 1 amide bonds. The van der Waals surface area contributed by atoms with E-state index in [1.165, 1.54) is 11.1 Å². The summed E-state index contributed by atoms with van der Waals surface area (Å²) in [6.45, 7) is 8.93. The summed E-state index contributed by atoms with van der Waals surface area (Å²) in [5.74, 6) is 0.00402. The molecule has 0 bridgehead atoms. The first-order valence-corrected chi connectivity index (χ1v) is 12.2. The Morgan fingerprint density at radius 3 is 2.63 bits per heavy atom. The van der Waals surface area contributed by atoms with E-state index in [-0.39, 0.29) is 5.91 Å². The van der Waals surface area contributed by atoms with Gasteiger partial charge in [-0.3, -0.25) is 14.6 Å². The molecule has 1 aliphatic heterocycles. The van der Waals surface area contributed by atoms with Crippen LogP contribution >= 0.6 is 23.1 Å². The van der Waals surface area contributed by atoms with Crippen LogP contribution in [0.2, 0.25) is 0 Å². The largest absolute Gasteiger partial charge is 0.379 e. The van der Waals surface area contributed by atoms with Crippen LogP contribution in [0.15, 0.2) is 41.3 Å². The quantitative estimate of drug-likeness (QED) is 0.523. The number of ether oxygens (including phenoxy) is 1. The van der Waals surface area contributed by atoms with Gasteiger partial charge in [0.15, 0.2) is 5.13 Å². The second-order valence-corrected chi connectivity index (χ2v) is 9.42. The predicted molar refractivity (Wildman–Crippen MR) is 126 cm³/mol. The number of carbonyl (C=O) groups excluding carboxylic acids is 1. The van der Waals surface area contributed by atoms with Gasteiger partial charge < -0.3 is 4.74 Å². The molecular formula is C23H27N3O2S2. The molecule has 4 rings (SSSR count). The van der Waals surface area contributed by atoms with Gasteiger partial charge in [-0.15, -0.1) is 11.8 Å². The monoisotopic (exact) mass is 441 g/mol. The Kier molecular flexibility index (Phi) is 6.73. The number of anilines is 1. The number of aromatic nitrogens is 1. The van der Waals surface area contributed by atoms with E-state index < -0.39 is 0 Å². The summed E-state index contributed by atoms with van der Waals surface area (Å²) in [5, 5.41) is 0.769. The molecule has 1 saturated heterocycles. The highest BCUT2D eigenvalue weighted by Gasteiger charge is 2.23. The van der Waals surface area contributed by atoms with Crippen molar-refractivity contribution in [3.05, 3.63) is 53.1 Å². The number of fused-ring (bicyclic) bond motifs is 1. The van der Waals surface area contributed by atoms with E-state index in [1.807, 2.05) is 35.4 Å². The fourth-order valence-electron chi connectivity index (χ4n) is 3.72. The molecule has 2 heterocycles. The van der Waals surface area contributed by atoms with Gasteiger partial charge in [0.05, 0.1) is 23.4 Å². The maximum atomic E-state index is 13.5. The van der Waals surface area contributed by atoms with E-state index >= 15 is 0 Å². The lowest BCUT2D eigenvalue weighted by Crippen LogP contribution is -2.43. The number of rotatable bonds is 6. The van der Waals surface area contributed by atoms with E-state index in [4.69, 9.17) is 9.72 Å². The van der Waals surface area contributed by atoms with Crippen molar-refractivity contribution in [1.29, 1.82) is 0 Å². The highest BCUT2D eigenvalue weighted by molar-refractivity contribution is 7.98. The van der Waals surface area contributed by atoms with Crippen molar-refractivity contribution >= 4 is 44.4 Å². The first-order valence-electron chi connectivity index (χ1n) is 10.2. The molecule has 0 aliphatic carbocycles. The van der Waals surface area contributed by atoms with E-state index in [1.54, 1.807) is 23.1 Å². The zero-order valence-corrected chi connectivity index (χ0v) is 19.3. The molecule has 1 fully saturated rings. The number of carbonyl (C=O) groups is 1. The Morgan fingerprint density at radius 2 is 1.93 bits per heavy atom. The van der Waals surface area contributed by atoms with Crippen molar-refractivity contribution in [2.45, 2.75) is 18.7 Å². The molecule has 2 aromatic carbocycles. The summed E-state index contributed by atoms with van der Waals surface area (Å²) in [6.07, 6.45) is 2.04. The van der Waals surface area contributed by atoms with E-state index in [0.717, 1.165) is 53.1 Å². The summed E-state index contributed by atoms with van der Waals surface area (Å²) in [7, 11) is 0. The van der Waals surface area contributed by atoms with Crippen LogP contribution in [-0.2, 0) is 4.74 Å². The summed E-state index contributed by atoms with van der Waals surface area (Å²) < 4.78 is 6.61. The fraction of sp³-hybridized carbons (Fsp3) is 0.391. The first kappa shape index (κ1) is 21.3. The van der Waals surface area contributed by atoms with Gasteiger partial charge in [0.25, 0.3) is 5.91 Å². The summed E-state index contributed by atoms with van der Waals surface area (Å²) >= 11 is 3.28. The third-order valence-corrected chi connectivity index (χ3v) is 7.34. The first-order chi connectivity index (χ1) is 14.5. The van der Waals surface area contributed by atoms with Gasteiger partial charge in [-0.25, -0.2) is 4.98 Å². The number of benzene rings is 2. The molecule has 1 aliphatic rings. The number of aryl methyl sites for hydroxylation is 2. The van der Waals surface area contributed by atoms with Crippen molar-refractivity contribution in [2.24, 2.45) is 0 Å². The molecule has 0 saturated carbocycles. The van der Waals surface area contributed by atoms with Crippen molar-refractivity contribution in [3.63, 3.8) is 0 Å². The van der Waals surface area contributed by atoms with Gasteiger partial charge >= 0.3 is 0 Å². The minimum Gasteiger partial charge on any atom is -0.379 e. The number of nitrogens with zero attached hydrogens (tertiary/aromatic N) is 3. The number of thioether (sulfide) groups is 1. The molecule has 0 atom stereocenters. The smallest absolute Gasteiger partial charge is 0.260 e. The van der Waals surface area contributed by atoms with Crippen LogP contribution < -0.4 is 4.90 Å². The van der Waals surface area contributed by atoms with Gasteiger partial charge in [-0.05, 0) is 61.6 Å². The Bertz CT molecular complexity index is 1030. The van der Waals surface area contributed by atoms with Crippen molar-refractivity contribution in [3.8, 4) is 0 Å². The van der Waals surface area contributed by atoms with Crippen molar-refractivity contribution < 1.29 is 9.53 Å². The fourth-order valence-corrected chi connectivity index (χ4v) is 5.17. The average molecular weight is 442 g/mol. The summed E-state index contributed by atoms with van der Waals surface area (Å²) in [6, 6.07) is 12.1. The standard InChI is InChI=1S/C23H27N3O2S2/c1-16-14-17(2)21-20(15-16)24-23(30-21)26(9-8-25-10-12-28-13-11-25)22(27)18-4-6-19(29-3)7-5-18/h4-7,14-15H,8-13H2,1-3H3. The molecule has 0 N–H and O–H groups in total. The zero-order chi connectivity index (χ0) is 21.1. The molecule has 7 heteroatoms. The minimum atomic E-state index is 0.00402. The van der Waals surface area contributed by atoms with Gasteiger partial charge in [0, 0.05) is 36.6 Å². The Labute approximate surface area is 186 Å². The molecule has 0 radical (unpaired) electrons. The minimum absolute atomic E-state index is 0.00402. The van der Waals surface area contributed by atoms with Crippen LogP contribution in [-0.4, -0.2) is 61.4 Å². The van der Waals surface area contributed by atoms with E-state index in [2.05, 4.69) is 30.9 Å². The molecule has 158 valence electrons. The van der Waals surface area contributed by atoms with Gasteiger partial charge in [0.2, 0.25) is 0 Å². The van der Waals surface area contributed by atoms with Crippen LogP contribution in [0.25, 0.3) is 10.2 Å². The lowest BCUT2D eigenvalue weighted by atomic mass is 10.1. The van der Waals surface area contributed by atoms with Gasteiger partial charge in [-0.2, -0.15) is 0 Å². The Morgan fingerprint density at radius 1 is 1.20 bits per heavy atom. The SMILES string of the molecule is CSc1ccc(C(=O)N(CCN2CCOCC2)c2nc3cc(C)cc(C)c3s2)cc1. The van der Waals surface area contributed by atoms with Crippen molar-refractivity contribution in [2.75, 3.05) is 50.5 Å². The van der Waals surface area contributed by atoms with Gasteiger partial charge in [0.1, 0.15) is 0 Å². The molecule has 1 aromatic heterocycles. The second kappa shape index (κ2) is 9.47. The molecule has 0 unspecified atom stereocenters. The zero-order valence-electron chi connectivity index (χ0n) is 17.7. The van der Waals surface area contributed by atoms with Crippen LogP contribution in [0.4, 0.5) is 5.13 Å². The van der Waals surface area contributed by atoms with Crippen molar-refractivity contribution in [1.82, 2.24) is 9.88 Å². The molecule has 0 spiro atoms. The lowest BCUT2D eigenvalue weighted by Gasteiger charge is -2.29. The van der Waals surface area contributed by atoms with Crippen LogP contribution in [0.3, 0.4) is 0 Å². The highest BCUT2D eigenvalue weighted by atomic mass is 32.2. The highest BCUT2D eigenvalue weighted by Crippen LogP contribution is 2.33. The summed E-state index contributed by atoms with van der Waals surface area (Å²) in [4.78, 5) is 23.7. The van der Waals surface area contributed by atoms with Gasteiger partial charge in [-0.1, -0.05) is 17.4 Å². The maximum Gasteiger partial charge on any atom is 0.260 e. The number of amides is 1. The maximum absolute atomic E-state index is 13.5. The third-order valence-electron chi connectivity index (χ3n) is 5.37. The Balaban J connectivity index is 1.65. The number of hydrogen-bond donors (Lipinski definition) is 0. The number of hydrogen-bond acceptors (Lipinski definition) is 6. The number of thiazole rings is 1. The van der Waals surface area contributed by atoms with Crippen LogP contribution in [0.5, 0.6) is 0 Å². The van der Waals surface area contributed by atoms with Crippen LogP contribution in [0, 0.1) is 13.8 Å². The lowest BCUT2D eigenvalue weighted by molar-refractivity contribution is 0.0391. The predicted octanol–water partition coefficient (Wildman–Crippen LogP) is 4.61.